The molecule has 0 aliphatic rings. The first-order valence-corrected chi connectivity index (χ1v) is 6.72. The maximum absolute atomic E-state index is 9.34. The molecule has 106 valence electrons. The molecule has 0 saturated carbocycles. The van der Waals surface area contributed by atoms with E-state index < -0.39 is 5.60 Å². The molecule has 20 heavy (non-hydrogen) atoms. The lowest BCUT2D eigenvalue weighted by Crippen LogP contribution is -2.25. The number of aromatic hydroxyl groups is 1. The third-order valence-corrected chi connectivity index (χ3v) is 3.34. The number of rotatable bonds is 4. The molecule has 0 bridgehead atoms. The fourth-order valence-electron chi connectivity index (χ4n) is 2.06. The Balaban J connectivity index is 2.17. The molecular formula is C17H21NO2. The molecule has 1 unspecified atom stereocenters. The summed E-state index contributed by atoms with van der Waals surface area (Å²) in [6.45, 7) is 5.95. The predicted octanol–water partition coefficient (Wildman–Crippen LogP) is 3.73. The molecule has 0 aliphatic carbocycles. The van der Waals surface area contributed by atoms with Gasteiger partial charge in [-0.25, -0.2) is 0 Å². The lowest BCUT2D eigenvalue weighted by molar-refractivity contribution is 0.109. The quantitative estimate of drug-likeness (QED) is 0.891. The first-order valence-electron chi connectivity index (χ1n) is 6.72. The summed E-state index contributed by atoms with van der Waals surface area (Å²) >= 11 is 0. The number of nitrogens with two attached hydrogens (primary N) is 1. The molecule has 3 nitrogen and oxygen atoms in total. The second-order valence-corrected chi connectivity index (χ2v) is 5.52. The van der Waals surface area contributed by atoms with Gasteiger partial charge in [-0.2, -0.15) is 0 Å². The molecule has 0 aromatic heterocycles. The maximum Gasteiger partial charge on any atom is 0.128 e. The molecule has 0 aliphatic heterocycles. The van der Waals surface area contributed by atoms with E-state index >= 15 is 0 Å². The Kier molecular flexibility index (Phi) is 4.00. The van der Waals surface area contributed by atoms with Gasteiger partial charge in [0.05, 0.1) is 0 Å². The highest BCUT2D eigenvalue weighted by molar-refractivity contribution is 5.33. The zero-order valence-corrected chi connectivity index (χ0v) is 12.1. The minimum Gasteiger partial charge on any atom is -0.508 e. The summed E-state index contributed by atoms with van der Waals surface area (Å²) in [6.07, 6.45) is 0. The van der Waals surface area contributed by atoms with Crippen LogP contribution in [0.4, 0.5) is 0 Å². The average Bonchev–Trinajstić information content (AvgIpc) is 2.39. The monoisotopic (exact) mass is 271 g/mol. The molecular weight excluding hydrogens is 250 g/mol. The third kappa shape index (κ3) is 3.31. The van der Waals surface area contributed by atoms with Crippen LogP contribution >= 0.6 is 0 Å². The van der Waals surface area contributed by atoms with Gasteiger partial charge in [-0.15, -0.1) is 0 Å². The Bertz CT molecular complexity index is 557. The normalized spacial score (nSPS) is 13.0. The van der Waals surface area contributed by atoms with Gasteiger partial charge in [-0.05, 0) is 56.2 Å². The van der Waals surface area contributed by atoms with Crippen LogP contribution in [0.25, 0.3) is 0 Å². The summed E-state index contributed by atoms with van der Waals surface area (Å²) in [5.74, 6) is 1.05. The Morgan fingerprint density at radius 3 is 2.05 bits per heavy atom. The second-order valence-electron chi connectivity index (χ2n) is 5.52. The summed E-state index contributed by atoms with van der Waals surface area (Å²) in [6, 6.07) is 14.9. The zero-order chi connectivity index (χ0) is 14.8. The van der Waals surface area contributed by atoms with Crippen molar-refractivity contribution in [1.82, 2.24) is 0 Å². The van der Waals surface area contributed by atoms with E-state index in [2.05, 4.69) is 0 Å². The fourth-order valence-corrected chi connectivity index (χ4v) is 2.06. The van der Waals surface area contributed by atoms with Gasteiger partial charge in [-0.1, -0.05) is 24.3 Å². The van der Waals surface area contributed by atoms with E-state index in [1.54, 1.807) is 12.1 Å². The summed E-state index contributed by atoms with van der Waals surface area (Å²) in [5.41, 5.74) is 7.45. The van der Waals surface area contributed by atoms with Gasteiger partial charge in [0.15, 0.2) is 0 Å². The summed E-state index contributed by atoms with van der Waals surface area (Å²) in [5, 5.41) is 9.34. The van der Waals surface area contributed by atoms with E-state index in [1.807, 2.05) is 57.2 Å². The molecule has 2 aromatic rings. The van der Waals surface area contributed by atoms with Gasteiger partial charge in [0, 0.05) is 6.04 Å². The van der Waals surface area contributed by atoms with Crippen molar-refractivity contribution >= 4 is 0 Å². The topological polar surface area (TPSA) is 55.5 Å². The summed E-state index contributed by atoms with van der Waals surface area (Å²) in [7, 11) is 0. The van der Waals surface area contributed by atoms with E-state index in [-0.39, 0.29) is 11.8 Å². The van der Waals surface area contributed by atoms with Crippen molar-refractivity contribution in [2.75, 3.05) is 0 Å². The first kappa shape index (κ1) is 14.4. The van der Waals surface area contributed by atoms with Crippen LogP contribution in [0.1, 0.15) is 37.9 Å². The number of hydrogen-bond acceptors (Lipinski definition) is 3. The lowest BCUT2D eigenvalue weighted by atomic mass is 9.98. The second kappa shape index (κ2) is 5.55. The predicted molar refractivity (Wildman–Crippen MR) is 80.8 cm³/mol. The number of phenolic OH excluding ortho intramolecular Hbond substituents is 1. The SMILES string of the molecule is CC(N)c1ccc(OC(C)(C)c2ccc(O)cc2)cc1. The van der Waals surface area contributed by atoms with Crippen molar-refractivity contribution in [2.24, 2.45) is 5.73 Å². The van der Waals surface area contributed by atoms with E-state index in [4.69, 9.17) is 10.5 Å². The van der Waals surface area contributed by atoms with Crippen LogP contribution < -0.4 is 10.5 Å². The zero-order valence-electron chi connectivity index (χ0n) is 12.1. The van der Waals surface area contributed by atoms with Crippen LogP contribution in [0, 0.1) is 0 Å². The molecule has 0 spiro atoms. The highest BCUT2D eigenvalue weighted by Gasteiger charge is 2.22. The van der Waals surface area contributed by atoms with Crippen molar-refractivity contribution in [3.63, 3.8) is 0 Å². The molecule has 1 atom stereocenters. The van der Waals surface area contributed by atoms with Crippen LogP contribution in [0.5, 0.6) is 11.5 Å². The molecule has 0 fully saturated rings. The van der Waals surface area contributed by atoms with Gasteiger partial charge < -0.3 is 15.6 Å². The third-order valence-electron chi connectivity index (χ3n) is 3.34. The average molecular weight is 271 g/mol. The van der Waals surface area contributed by atoms with Crippen molar-refractivity contribution in [2.45, 2.75) is 32.4 Å². The number of phenols is 1. The molecule has 0 heterocycles. The van der Waals surface area contributed by atoms with E-state index in [0.29, 0.717) is 0 Å². The van der Waals surface area contributed by atoms with Crippen LogP contribution in [-0.2, 0) is 5.60 Å². The van der Waals surface area contributed by atoms with Crippen molar-refractivity contribution in [1.29, 1.82) is 0 Å². The van der Waals surface area contributed by atoms with Gasteiger partial charge in [-0.3, -0.25) is 0 Å². The van der Waals surface area contributed by atoms with Crippen LogP contribution in [0.15, 0.2) is 48.5 Å². The molecule has 2 rings (SSSR count). The fraction of sp³-hybridized carbons (Fsp3) is 0.294. The van der Waals surface area contributed by atoms with Crippen LogP contribution in [-0.4, -0.2) is 5.11 Å². The molecule has 0 amide bonds. The van der Waals surface area contributed by atoms with Gasteiger partial charge >= 0.3 is 0 Å². The highest BCUT2D eigenvalue weighted by Crippen LogP contribution is 2.29. The van der Waals surface area contributed by atoms with Gasteiger partial charge in [0.1, 0.15) is 17.1 Å². The first-order chi connectivity index (χ1) is 9.38. The molecule has 3 N–H and O–H groups in total. The Labute approximate surface area is 120 Å². The smallest absolute Gasteiger partial charge is 0.128 e. The number of benzene rings is 2. The molecule has 0 saturated heterocycles. The molecule has 3 heteroatoms. The Morgan fingerprint density at radius 1 is 1.00 bits per heavy atom. The standard InChI is InChI=1S/C17H21NO2/c1-12(18)13-4-10-16(11-5-13)20-17(2,3)14-6-8-15(19)9-7-14/h4-12,19H,18H2,1-3H3. The van der Waals surface area contributed by atoms with E-state index in [0.717, 1.165) is 16.9 Å². The maximum atomic E-state index is 9.34. The van der Waals surface area contributed by atoms with Crippen molar-refractivity contribution in [3.8, 4) is 11.5 Å². The van der Waals surface area contributed by atoms with Crippen molar-refractivity contribution < 1.29 is 9.84 Å². The molecule has 0 radical (unpaired) electrons. The van der Waals surface area contributed by atoms with Gasteiger partial charge in [0.25, 0.3) is 0 Å². The van der Waals surface area contributed by atoms with Gasteiger partial charge in [0.2, 0.25) is 0 Å². The Morgan fingerprint density at radius 2 is 1.55 bits per heavy atom. The summed E-state index contributed by atoms with van der Waals surface area (Å²) in [4.78, 5) is 0. The molecule has 2 aromatic carbocycles. The largest absolute Gasteiger partial charge is 0.508 e. The van der Waals surface area contributed by atoms with E-state index in [1.165, 1.54) is 0 Å². The number of ether oxygens (including phenoxy) is 1. The van der Waals surface area contributed by atoms with Crippen molar-refractivity contribution in [3.05, 3.63) is 59.7 Å². The van der Waals surface area contributed by atoms with E-state index in [9.17, 15) is 5.11 Å². The van der Waals surface area contributed by atoms with Crippen LogP contribution in [0.3, 0.4) is 0 Å². The Hall–Kier alpha value is -2.00. The lowest BCUT2D eigenvalue weighted by Gasteiger charge is -2.27. The minimum absolute atomic E-state index is 0.0224. The minimum atomic E-state index is -0.469. The number of hydrogen-bond donors (Lipinski definition) is 2. The highest BCUT2D eigenvalue weighted by atomic mass is 16.5. The summed E-state index contributed by atoms with van der Waals surface area (Å²) < 4.78 is 6.04. The van der Waals surface area contributed by atoms with Crippen LogP contribution in [0.2, 0.25) is 0 Å².